The van der Waals surface area contributed by atoms with Gasteiger partial charge in [0.05, 0.1) is 28.4 Å². The van der Waals surface area contributed by atoms with E-state index in [1.807, 2.05) is 0 Å². The topological polar surface area (TPSA) is 99.3 Å². The Balaban J connectivity index is 2.22. The van der Waals surface area contributed by atoms with Crippen LogP contribution in [-0.4, -0.2) is 33.6 Å². The number of carbonyl (C=O) groups is 1. The molecule has 0 aliphatic carbocycles. The lowest BCUT2D eigenvalue weighted by Gasteiger charge is -2.09. The molecule has 0 aliphatic rings. The van der Waals surface area contributed by atoms with Gasteiger partial charge in [-0.3, -0.25) is 19.6 Å². The van der Waals surface area contributed by atoms with Crippen LogP contribution in [0.25, 0.3) is 0 Å². The maximum atomic E-state index is 12.2. The van der Waals surface area contributed by atoms with Gasteiger partial charge < -0.3 is 10.1 Å². The van der Waals surface area contributed by atoms with Crippen molar-refractivity contribution in [1.29, 1.82) is 0 Å². The number of rotatable bonds is 6. The monoisotopic (exact) mass is 326 g/mol. The quantitative estimate of drug-likeness (QED) is 0.648. The van der Waals surface area contributed by atoms with Gasteiger partial charge in [0.25, 0.3) is 18.0 Å². The maximum absolute atomic E-state index is 12.2. The Morgan fingerprint density at radius 3 is 2.78 bits per heavy atom. The largest absolute Gasteiger partial charge is 0.487 e. The number of benzene rings is 1. The van der Waals surface area contributed by atoms with Gasteiger partial charge >= 0.3 is 0 Å². The lowest BCUT2D eigenvalue weighted by atomic mass is 10.2. The number of halogens is 2. The summed E-state index contributed by atoms with van der Waals surface area (Å²) in [6, 6.07) is 3.33. The van der Waals surface area contributed by atoms with Crippen molar-refractivity contribution in [1.82, 2.24) is 9.78 Å². The van der Waals surface area contributed by atoms with Crippen molar-refractivity contribution < 1.29 is 23.2 Å². The molecule has 8 nitrogen and oxygen atoms in total. The van der Waals surface area contributed by atoms with Crippen LogP contribution in [0.3, 0.4) is 0 Å². The van der Waals surface area contributed by atoms with Gasteiger partial charge in [-0.2, -0.15) is 5.10 Å². The van der Waals surface area contributed by atoms with Gasteiger partial charge in [-0.1, -0.05) is 0 Å². The van der Waals surface area contributed by atoms with Crippen LogP contribution in [0.2, 0.25) is 0 Å². The van der Waals surface area contributed by atoms with E-state index in [0.29, 0.717) is 0 Å². The second-order valence-corrected chi connectivity index (χ2v) is 4.53. The number of nitrogens with zero attached hydrogens (tertiary/aromatic N) is 3. The van der Waals surface area contributed by atoms with Gasteiger partial charge in [0.2, 0.25) is 0 Å². The number of alkyl halides is 2. The first kappa shape index (κ1) is 16.3. The van der Waals surface area contributed by atoms with E-state index < -0.39 is 29.6 Å². The highest BCUT2D eigenvalue weighted by Gasteiger charge is 2.15. The summed E-state index contributed by atoms with van der Waals surface area (Å²) in [5.74, 6) is -0.681. The normalized spacial score (nSPS) is 10.6. The van der Waals surface area contributed by atoms with Gasteiger partial charge in [0.15, 0.2) is 0 Å². The van der Waals surface area contributed by atoms with Gasteiger partial charge in [-0.05, 0) is 0 Å². The Labute approximate surface area is 128 Å². The Kier molecular flexibility index (Phi) is 4.84. The Bertz CT molecular complexity index is 733. The molecule has 1 amide bonds. The number of hydrogen-bond acceptors (Lipinski definition) is 5. The standard InChI is InChI=1S/C13H12F2N4O4/c1-18-6-8(5-16-18)13(20)17-9-2-10(19(21)22)4-11(3-9)23-7-12(14)15/h2-6,12H,7H2,1H3,(H,17,20). The first-order valence-corrected chi connectivity index (χ1v) is 6.35. The number of anilines is 1. The van der Waals surface area contributed by atoms with E-state index in [2.05, 4.69) is 10.4 Å². The molecule has 1 aromatic heterocycles. The average molecular weight is 326 g/mol. The minimum Gasteiger partial charge on any atom is -0.487 e. The Morgan fingerprint density at radius 1 is 1.48 bits per heavy atom. The first-order chi connectivity index (χ1) is 10.8. The van der Waals surface area contributed by atoms with Crippen molar-refractivity contribution in [2.75, 3.05) is 11.9 Å². The molecule has 1 heterocycles. The zero-order chi connectivity index (χ0) is 17.0. The highest BCUT2D eigenvalue weighted by Crippen LogP contribution is 2.26. The fraction of sp³-hybridized carbons (Fsp3) is 0.231. The zero-order valence-electron chi connectivity index (χ0n) is 11.9. The molecule has 0 bridgehead atoms. The summed E-state index contributed by atoms with van der Waals surface area (Å²) in [6.07, 6.45) is 0.0598. The van der Waals surface area contributed by atoms with Crippen LogP contribution in [-0.2, 0) is 7.05 Å². The molecular formula is C13H12F2N4O4. The van der Waals surface area contributed by atoms with Crippen molar-refractivity contribution in [3.8, 4) is 5.75 Å². The van der Waals surface area contributed by atoms with E-state index in [-0.39, 0.29) is 17.0 Å². The number of amides is 1. The fourth-order valence-corrected chi connectivity index (χ4v) is 1.75. The second-order valence-electron chi connectivity index (χ2n) is 4.53. The SMILES string of the molecule is Cn1cc(C(=O)Nc2cc(OCC(F)F)cc([N+](=O)[O-])c2)cn1. The molecule has 1 aromatic carbocycles. The fourth-order valence-electron chi connectivity index (χ4n) is 1.75. The molecular weight excluding hydrogens is 314 g/mol. The number of nitro groups is 1. The number of non-ortho nitro benzene ring substituents is 1. The van der Waals surface area contributed by atoms with Gasteiger partial charge in [0, 0.05) is 25.4 Å². The smallest absolute Gasteiger partial charge is 0.275 e. The highest BCUT2D eigenvalue weighted by atomic mass is 19.3. The molecule has 122 valence electrons. The maximum Gasteiger partial charge on any atom is 0.275 e. The lowest BCUT2D eigenvalue weighted by Crippen LogP contribution is -2.12. The molecule has 2 rings (SSSR count). The number of nitrogens with one attached hydrogen (secondary N) is 1. The third kappa shape index (κ3) is 4.46. The lowest BCUT2D eigenvalue weighted by molar-refractivity contribution is -0.384. The number of aromatic nitrogens is 2. The molecule has 1 N–H and O–H groups in total. The summed E-state index contributed by atoms with van der Waals surface area (Å²) < 4.78 is 30.5. The van der Waals surface area contributed by atoms with E-state index in [0.717, 1.165) is 12.1 Å². The van der Waals surface area contributed by atoms with Crippen LogP contribution in [0.5, 0.6) is 5.75 Å². The molecule has 0 saturated carbocycles. The summed E-state index contributed by atoms with van der Waals surface area (Å²) >= 11 is 0. The first-order valence-electron chi connectivity index (χ1n) is 6.35. The van der Waals surface area contributed by atoms with Crippen LogP contribution in [0, 0.1) is 10.1 Å². The third-order valence-corrected chi connectivity index (χ3v) is 2.70. The summed E-state index contributed by atoms with van der Waals surface area (Å²) in [5, 5.41) is 17.1. The van der Waals surface area contributed by atoms with Crippen LogP contribution >= 0.6 is 0 Å². The summed E-state index contributed by atoms with van der Waals surface area (Å²) in [6.45, 7) is -0.906. The average Bonchev–Trinajstić information content (AvgIpc) is 2.91. The molecule has 0 fully saturated rings. The molecule has 10 heteroatoms. The Morgan fingerprint density at radius 2 is 2.22 bits per heavy atom. The summed E-state index contributed by atoms with van der Waals surface area (Å²) in [5.41, 5.74) is -0.0929. The van der Waals surface area contributed by atoms with E-state index in [1.54, 1.807) is 7.05 Å². The van der Waals surface area contributed by atoms with E-state index in [1.165, 1.54) is 23.1 Å². The van der Waals surface area contributed by atoms with E-state index in [4.69, 9.17) is 4.74 Å². The number of ether oxygens (including phenoxy) is 1. The molecule has 0 unspecified atom stereocenters. The minimum absolute atomic E-state index is 0.0531. The zero-order valence-corrected chi connectivity index (χ0v) is 11.9. The number of nitro benzene ring substituents is 1. The van der Waals surface area contributed by atoms with Crippen molar-refractivity contribution in [3.63, 3.8) is 0 Å². The minimum atomic E-state index is -2.72. The van der Waals surface area contributed by atoms with Crippen LogP contribution < -0.4 is 10.1 Å². The van der Waals surface area contributed by atoms with Gasteiger partial charge in [-0.15, -0.1) is 0 Å². The van der Waals surface area contributed by atoms with Gasteiger partial charge in [0.1, 0.15) is 12.4 Å². The van der Waals surface area contributed by atoms with Crippen molar-refractivity contribution in [2.45, 2.75) is 6.43 Å². The molecule has 0 aliphatic heterocycles. The number of hydrogen-bond donors (Lipinski definition) is 1. The predicted molar refractivity (Wildman–Crippen MR) is 75.8 cm³/mol. The Hall–Kier alpha value is -3.04. The van der Waals surface area contributed by atoms with E-state index in [9.17, 15) is 23.7 Å². The van der Waals surface area contributed by atoms with Crippen LogP contribution in [0.15, 0.2) is 30.6 Å². The van der Waals surface area contributed by atoms with Crippen molar-refractivity contribution in [3.05, 3.63) is 46.3 Å². The van der Waals surface area contributed by atoms with Crippen molar-refractivity contribution >= 4 is 17.3 Å². The number of aryl methyl sites for hydroxylation is 1. The second kappa shape index (κ2) is 6.81. The molecule has 0 saturated heterocycles. The van der Waals surface area contributed by atoms with Crippen LogP contribution in [0.4, 0.5) is 20.2 Å². The van der Waals surface area contributed by atoms with Crippen molar-refractivity contribution in [2.24, 2.45) is 7.05 Å². The highest BCUT2D eigenvalue weighted by molar-refractivity contribution is 6.04. The number of carbonyl (C=O) groups excluding carboxylic acids is 1. The van der Waals surface area contributed by atoms with Crippen LogP contribution in [0.1, 0.15) is 10.4 Å². The molecule has 2 aromatic rings. The summed E-state index contributed by atoms with van der Waals surface area (Å²) in [7, 11) is 1.63. The molecule has 0 spiro atoms. The molecule has 23 heavy (non-hydrogen) atoms. The predicted octanol–water partition coefficient (Wildman–Crippen LogP) is 2.22. The molecule has 0 radical (unpaired) electrons. The van der Waals surface area contributed by atoms with Gasteiger partial charge in [-0.25, -0.2) is 8.78 Å². The third-order valence-electron chi connectivity index (χ3n) is 2.70. The molecule has 0 atom stereocenters. The summed E-state index contributed by atoms with van der Waals surface area (Å²) in [4.78, 5) is 22.2. The van der Waals surface area contributed by atoms with E-state index >= 15 is 0 Å².